The number of hydrogen-bond donors (Lipinski definition) is 0. The quantitative estimate of drug-likeness (QED) is 0.714. The molecule has 2 aliphatic rings. The van der Waals surface area contributed by atoms with Gasteiger partial charge in [0.25, 0.3) is 0 Å². The fraction of sp³-hybridized carbons (Fsp3) is 0.400. The van der Waals surface area contributed by atoms with Crippen LogP contribution in [0.15, 0.2) is 30.0 Å². The smallest absolute Gasteiger partial charge is 0.157 e. The Labute approximate surface area is 112 Å². The molecule has 1 aromatic rings. The molecule has 0 bridgehead atoms. The fourth-order valence-electron chi connectivity index (χ4n) is 3.26. The van der Waals surface area contributed by atoms with E-state index in [0.717, 1.165) is 23.7 Å². The normalized spacial score (nSPS) is 26.5. The van der Waals surface area contributed by atoms with E-state index in [4.69, 9.17) is 11.6 Å². The Morgan fingerprint density at radius 2 is 2.17 bits per heavy atom. The molecule has 0 radical (unpaired) electrons. The zero-order valence-corrected chi connectivity index (χ0v) is 11.4. The van der Waals surface area contributed by atoms with Crippen molar-refractivity contribution in [1.29, 1.82) is 0 Å². The standard InChI is InChI=1S/C15H16ClNO/c1-15-6-5-12(18)8-14(15)17(2)9-10-7-11(16)3-4-13(10)15/h3-4,7-8H,5-6,9H2,1-2H3. The lowest BCUT2D eigenvalue weighted by Gasteiger charge is -2.45. The van der Waals surface area contributed by atoms with Gasteiger partial charge in [0.2, 0.25) is 0 Å². The highest BCUT2D eigenvalue weighted by Gasteiger charge is 2.41. The molecule has 1 atom stereocenters. The summed E-state index contributed by atoms with van der Waals surface area (Å²) in [6.45, 7) is 3.05. The Morgan fingerprint density at radius 1 is 1.39 bits per heavy atom. The zero-order chi connectivity index (χ0) is 12.9. The molecule has 3 heteroatoms. The van der Waals surface area contributed by atoms with Crippen molar-refractivity contribution >= 4 is 17.4 Å². The number of rotatable bonds is 0. The minimum Gasteiger partial charge on any atom is -0.373 e. The Kier molecular flexibility index (Phi) is 2.53. The summed E-state index contributed by atoms with van der Waals surface area (Å²) in [4.78, 5) is 13.8. The molecule has 0 amide bonds. The molecule has 18 heavy (non-hydrogen) atoms. The van der Waals surface area contributed by atoms with Crippen molar-refractivity contribution in [1.82, 2.24) is 4.90 Å². The predicted molar refractivity (Wildman–Crippen MR) is 72.6 cm³/mol. The van der Waals surface area contributed by atoms with Crippen LogP contribution in [0.4, 0.5) is 0 Å². The summed E-state index contributed by atoms with van der Waals surface area (Å²) in [5, 5.41) is 0.782. The van der Waals surface area contributed by atoms with Crippen LogP contribution in [-0.2, 0) is 16.8 Å². The van der Waals surface area contributed by atoms with Crippen molar-refractivity contribution in [2.75, 3.05) is 7.05 Å². The van der Waals surface area contributed by atoms with E-state index in [2.05, 4.69) is 17.9 Å². The van der Waals surface area contributed by atoms with E-state index in [1.165, 1.54) is 11.1 Å². The van der Waals surface area contributed by atoms with E-state index in [-0.39, 0.29) is 11.2 Å². The largest absolute Gasteiger partial charge is 0.373 e. The van der Waals surface area contributed by atoms with E-state index in [0.29, 0.717) is 6.42 Å². The predicted octanol–water partition coefficient (Wildman–Crippen LogP) is 3.29. The number of nitrogens with zero attached hydrogens (tertiary/aromatic N) is 1. The maximum Gasteiger partial charge on any atom is 0.157 e. The van der Waals surface area contributed by atoms with Crippen LogP contribution in [0.3, 0.4) is 0 Å². The van der Waals surface area contributed by atoms with Crippen LogP contribution in [-0.4, -0.2) is 17.7 Å². The minimum atomic E-state index is -0.0408. The lowest BCUT2D eigenvalue weighted by Crippen LogP contribution is -2.42. The van der Waals surface area contributed by atoms with Gasteiger partial charge in [-0.2, -0.15) is 0 Å². The van der Waals surface area contributed by atoms with Gasteiger partial charge in [0.15, 0.2) is 5.78 Å². The van der Waals surface area contributed by atoms with Crippen molar-refractivity contribution < 1.29 is 4.79 Å². The fourth-order valence-corrected chi connectivity index (χ4v) is 3.46. The van der Waals surface area contributed by atoms with Crippen LogP contribution in [0.1, 0.15) is 30.9 Å². The molecule has 1 aliphatic carbocycles. The monoisotopic (exact) mass is 261 g/mol. The number of halogens is 1. The molecule has 1 aromatic carbocycles. The molecule has 0 spiro atoms. The summed E-state index contributed by atoms with van der Waals surface area (Å²) < 4.78 is 0. The van der Waals surface area contributed by atoms with Gasteiger partial charge in [-0.3, -0.25) is 4.79 Å². The van der Waals surface area contributed by atoms with Crippen molar-refractivity contribution in [2.24, 2.45) is 0 Å². The van der Waals surface area contributed by atoms with E-state index in [1.807, 2.05) is 25.3 Å². The number of likely N-dealkylation sites (N-methyl/N-ethyl adjacent to an activating group) is 1. The van der Waals surface area contributed by atoms with Gasteiger partial charge in [0, 0.05) is 42.2 Å². The van der Waals surface area contributed by atoms with Crippen LogP contribution >= 0.6 is 11.6 Å². The summed E-state index contributed by atoms with van der Waals surface area (Å²) in [5.74, 6) is 0.242. The van der Waals surface area contributed by atoms with Gasteiger partial charge < -0.3 is 4.90 Å². The molecule has 0 N–H and O–H groups in total. The second-order valence-electron chi connectivity index (χ2n) is 5.49. The maximum absolute atomic E-state index is 11.6. The third-order valence-corrected chi connectivity index (χ3v) is 4.45. The number of carbonyl (C=O) groups excluding carboxylic acids is 1. The summed E-state index contributed by atoms with van der Waals surface area (Å²) in [6.07, 6.45) is 3.34. The van der Waals surface area contributed by atoms with Gasteiger partial charge in [-0.05, 0) is 36.6 Å². The first-order valence-corrected chi connectivity index (χ1v) is 6.63. The molecule has 0 saturated heterocycles. The first-order chi connectivity index (χ1) is 8.50. The number of benzene rings is 1. The lowest BCUT2D eigenvalue weighted by molar-refractivity contribution is -0.115. The highest BCUT2D eigenvalue weighted by molar-refractivity contribution is 6.30. The molecular formula is C15H16ClNO. The van der Waals surface area contributed by atoms with Crippen LogP contribution in [0, 0.1) is 0 Å². The lowest BCUT2D eigenvalue weighted by atomic mass is 9.68. The summed E-state index contributed by atoms with van der Waals surface area (Å²) in [7, 11) is 2.05. The molecular weight excluding hydrogens is 246 g/mol. The third-order valence-electron chi connectivity index (χ3n) is 4.21. The summed E-state index contributed by atoms with van der Waals surface area (Å²) in [6, 6.07) is 6.12. The van der Waals surface area contributed by atoms with Gasteiger partial charge in [-0.15, -0.1) is 0 Å². The first kappa shape index (κ1) is 11.8. The second kappa shape index (κ2) is 3.86. The van der Waals surface area contributed by atoms with Gasteiger partial charge in [-0.25, -0.2) is 0 Å². The Bertz CT molecular complexity index is 564. The Balaban J connectivity index is 2.21. The van der Waals surface area contributed by atoms with Gasteiger partial charge >= 0.3 is 0 Å². The SMILES string of the molecule is CN1Cc2cc(Cl)ccc2C2(C)CCC(=O)C=C12. The molecule has 1 unspecified atom stereocenters. The third kappa shape index (κ3) is 1.59. The van der Waals surface area contributed by atoms with Crippen molar-refractivity contribution in [3.63, 3.8) is 0 Å². The van der Waals surface area contributed by atoms with Crippen LogP contribution in [0.2, 0.25) is 5.02 Å². The molecule has 0 saturated carbocycles. The molecule has 1 heterocycles. The molecule has 2 nitrogen and oxygen atoms in total. The average Bonchev–Trinajstić information content (AvgIpc) is 2.31. The molecule has 1 aliphatic heterocycles. The summed E-state index contributed by atoms with van der Waals surface area (Å²) >= 11 is 6.08. The number of hydrogen-bond acceptors (Lipinski definition) is 2. The number of fused-ring (bicyclic) bond motifs is 3. The van der Waals surface area contributed by atoms with E-state index < -0.39 is 0 Å². The van der Waals surface area contributed by atoms with Crippen molar-refractivity contribution in [3.05, 3.63) is 46.1 Å². The molecule has 94 valence electrons. The second-order valence-corrected chi connectivity index (χ2v) is 5.92. The maximum atomic E-state index is 11.6. The topological polar surface area (TPSA) is 20.3 Å². The van der Waals surface area contributed by atoms with E-state index >= 15 is 0 Å². The summed E-state index contributed by atoms with van der Waals surface area (Å²) in [5.41, 5.74) is 3.71. The van der Waals surface area contributed by atoms with E-state index in [9.17, 15) is 4.79 Å². The number of carbonyl (C=O) groups is 1. The van der Waals surface area contributed by atoms with Gasteiger partial charge in [0.05, 0.1) is 0 Å². The Hall–Kier alpha value is -1.28. The number of ketones is 1. The molecule has 0 fully saturated rings. The van der Waals surface area contributed by atoms with Crippen LogP contribution < -0.4 is 0 Å². The minimum absolute atomic E-state index is 0.0408. The zero-order valence-electron chi connectivity index (χ0n) is 10.7. The van der Waals surface area contributed by atoms with E-state index in [1.54, 1.807) is 0 Å². The molecule has 0 aromatic heterocycles. The molecule has 3 rings (SSSR count). The average molecular weight is 262 g/mol. The highest BCUT2D eigenvalue weighted by Crippen LogP contribution is 2.46. The first-order valence-electron chi connectivity index (χ1n) is 6.26. The van der Waals surface area contributed by atoms with Crippen LogP contribution in [0.5, 0.6) is 0 Å². The Morgan fingerprint density at radius 3 is 2.94 bits per heavy atom. The van der Waals surface area contributed by atoms with Gasteiger partial charge in [-0.1, -0.05) is 17.7 Å². The van der Waals surface area contributed by atoms with Crippen molar-refractivity contribution in [2.45, 2.75) is 31.7 Å². The van der Waals surface area contributed by atoms with Crippen molar-refractivity contribution in [3.8, 4) is 0 Å². The number of allylic oxidation sites excluding steroid dienone is 2. The van der Waals surface area contributed by atoms with Gasteiger partial charge in [0.1, 0.15) is 0 Å². The highest BCUT2D eigenvalue weighted by atomic mass is 35.5. The van der Waals surface area contributed by atoms with Crippen LogP contribution in [0.25, 0.3) is 0 Å².